The summed E-state index contributed by atoms with van der Waals surface area (Å²) in [5, 5.41) is 0. The molecule has 22 heavy (non-hydrogen) atoms. The molecule has 116 valence electrons. The van der Waals surface area contributed by atoms with E-state index in [-0.39, 0.29) is 11.5 Å². The van der Waals surface area contributed by atoms with Crippen molar-refractivity contribution in [1.29, 1.82) is 0 Å². The fourth-order valence-electron chi connectivity index (χ4n) is 2.25. The minimum atomic E-state index is -0.236. The van der Waals surface area contributed by atoms with Crippen LogP contribution in [-0.2, 0) is 13.0 Å². The number of carbonyl (C=O) groups is 1. The summed E-state index contributed by atoms with van der Waals surface area (Å²) in [6.45, 7) is 2.46. The first kappa shape index (κ1) is 16.4. The number of nitrogens with zero attached hydrogens (tertiary/aromatic N) is 1. The summed E-state index contributed by atoms with van der Waals surface area (Å²) in [6.07, 6.45) is 2.71. The second-order valence-electron chi connectivity index (χ2n) is 5.12. The number of hydrogen-bond donors (Lipinski definition) is 1. The van der Waals surface area contributed by atoms with Gasteiger partial charge in [0.25, 0.3) is 5.91 Å². The maximum Gasteiger partial charge on any atom is 0.254 e. The van der Waals surface area contributed by atoms with E-state index >= 15 is 0 Å². The summed E-state index contributed by atoms with van der Waals surface area (Å²) in [7, 11) is 1.75. The van der Waals surface area contributed by atoms with Crippen molar-refractivity contribution in [3.63, 3.8) is 0 Å². The highest BCUT2D eigenvalue weighted by molar-refractivity contribution is 7.98. The van der Waals surface area contributed by atoms with Crippen LogP contribution in [0.2, 0.25) is 0 Å². The molecule has 1 N–H and O–H groups in total. The third-order valence-electron chi connectivity index (χ3n) is 3.43. The van der Waals surface area contributed by atoms with Crippen LogP contribution in [0, 0.1) is 0 Å². The van der Waals surface area contributed by atoms with Gasteiger partial charge in [-0.05, 0) is 36.4 Å². The molecule has 1 aromatic carbocycles. The number of rotatable bonds is 5. The lowest BCUT2D eigenvalue weighted by Crippen LogP contribution is -2.27. The number of benzene rings is 1. The molecule has 0 aliphatic carbocycles. The molecule has 0 aliphatic rings. The summed E-state index contributed by atoms with van der Waals surface area (Å²) in [6, 6.07) is 11.2. The molecule has 1 amide bonds. The number of nitrogens with one attached hydrogen (secondary N) is 1. The number of aryl methyl sites for hydroxylation is 1. The molecule has 2 rings (SSSR count). The Labute approximate surface area is 134 Å². The largest absolute Gasteiger partial charge is 0.337 e. The Morgan fingerprint density at radius 3 is 2.73 bits per heavy atom. The van der Waals surface area contributed by atoms with Gasteiger partial charge in [0.05, 0.1) is 0 Å². The zero-order valence-corrected chi connectivity index (χ0v) is 13.9. The minimum Gasteiger partial charge on any atom is -0.337 e. The Bertz CT molecular complexity index is 725. The predicted molar refractivity (Wildman–Crippen MR) is 90.5 cm³/mol. The first-order valence-electron chi connectivity index (χ1n) is 7.15. The Morgan fingerprint density at radius 2 is 2.05 bits per heavy atom. The minimum absolute atomic E-state index is 0.143. The van der Waals surface area contributed by atoms with Gasteiger partial charge in [-0.1, -0.05) is 19.1 Å². The van der Waals surface area contributed by atoms with Crippen molar-refractivity contribution in [3.05, 3.63) is 63.6 Å². The zero-order valence-electron chi connectivity index (χ0n) is 13.1. The molecule has 0 saturated carbocycles. The normalized spacial score (nSPS) is 10.5. The van der Waals surface area contributed by atoms with Crippen LogP contribution >= 0.6 is 11.8 Å². The van der Waals surface area contributed by atoms with E-state index in [1.807, 2.05) is 31.4 Å². The summed E-state index contributed by atoms with van der Waals surface area (Å²) >= 11 is 1.67. The Balaban J connectivity index is 2.18. The standard InChI is InChI=1S/C17H20N2O2S/c1-4-14-9-13(10-16(20)18-14)17(21)19(2)11-12-6-5-7-15(8-12)22-3/h5-10H,4,11H2,1-3H3,(H,18,20). The quantitative estimate of drug-likeness (QED) is 0.863. The Morgan fingerprint density at radius 1 is 1.27 bits per heavy atom. The van der Waals surface area contributed by atoms with Crippen molar-refractivity contribution in [2.24, 2.45) is 0 Å². The zero-order chi connectivity index (χ0) is 16.1. The lowest BCUT2D eigenvalue weighted by Gasteiger charge is -2.18. The van der Waals surface area contributed by atoms with Gasteiger partial charge in [0.15, 0.2) is 0 Å². The highest BCUT2D eigenvalue weighted by Crippen LogP contribution is 2.17. The maximum atomic E-state index is 12.5. The molecule has 0 radical (unpaired) electrons. The predicted octanol–water partition coefficient (Wildman–Crippen LogP) is 2.93. The van der Waals surface area contributed by atoms with Crippen LogP contribution in [0.1, 0.15) is 28.5 Å². The highest BCUT2D eigenvalue weighted by atomic mass is 32.2. The number of H-pyrrole nitrogens is 1. The van der Waals surface area contributed by atoms with Gasteiger partial charge in [0.2, 0.25) is 5.56 Å². The molecule has 0 unspecified atom stereocenters. The van der Waals surface area contributed by atoms with Gasteiger partial charge < -0.3 is 9.88 Å². The summed E-state index contributed by atoms with van der Waals surface area (Å²) < 4.78 is 0. The SMILES string of the molecule is CCc1cc(C(=O)N(C)Cc2cccc(SC)c2)cc(=O)[nH]1. The summed E-state index contributed by atoms with van der Waals surface area (Å²) in [5.41, 5.74) is 2.04. The molecule has 1 heterocycles. The van der Waals surface area contributed by atoms with Crippen LogP contribution in [0.3, 0.4) is 0 Å². The molecule has 1 aromatic heterocycles. The van der Waals surface area contributed by atoms with Gasteiger partial charge in [-0.3, -0.25) is 9.59 Å². The van der Waals surface area contributed by atoms with E-state index in [0.29, 0.717) is 18.5 Å². The Hall–Kier alpha value is -2.01. The lowest BCUT2D eigenvalue weighted by molar-refractivity contribution is 0.0784. The average molecular weight is 316 g/mol. The topological polar surface area (TPSA) is 53.2 Å². The fourth-order valence-corrected chi connectivity index (χ4v) is 2.74. The third kappa shape index (κ3) is 4.01. The van der Waals surface area contributed by atoms with Gasteiger partial charge in [-0.25, -0.2) is 0 Å². The molecule has 0 atom stereocenters. The fraction of sp³-hybridized carbons (Fsp3) is 0.294. The van der Waals surface area contributed by atoms with Gasteiger partial charge in [-0.2, -0.15) is 0 Å². The number of amides is 1. The van der Waals surface area contributed by atoms with E-state index in [1.54, 1.807) is 29.8 Å². The van der Waals surface area contributed by atoms with Crippen LogP contribution < -0.4 is 5.56 Å². The van der Waals surface area contributed by atoms with E-state index < -0.39 is 0 Å². The number of pyridine rings is 1. The van der Waals surface area contributed by atoms with Crippen molar-refractivity contribution < 1.29 is 4.79 Å². The molecule has 0 aliphatic heterocycles. The van der Waals surface area contributed by atoms with Gasteiger partial charge >= 0.3 is 0 Å². The second-order valence-corrected chi connectivity index (χ2v) is 6.00. The van der Waals surface area contributed by atoms with Crippen molar-refractivity contribution in [1.82, 2.24) is 9.88 Å². The Kier molecular flexibility index (Phi) is 5.44. The van der Waals surface area contributed by atoms with Crippen LogP contribution in [0.5, 0.6) is 0 Å². The van der Waals surface area contributed by atoms with Gasteiger partial charge in [0, 0.05) is 35.8 Å². The van der Waals surface area contributed by atoms with E-state index in [0.717, 1.165) is 11.3 Å². The molecule has 0 bridgehead atoms. The first-order valence-corrected chi connectivity index (χ1v) is 8.37. The van der Waals surface area contributed by atoms with Crippen molar-refractivity contribution >= 4 is 17.7 Å². The molecular weight excluding hydrogens is 296 g/mol. The summed E-state index contributed by atoms with van der Waals surface area (Å²) in [5.74, 6) is -0.143. The molecule has 0 spiro atoms. The monoisotopic (exact) mass is 316 g/mol. The smallest absolute Gasteiger partial charge is 0.254 e. The first-order chi connectivity index (χ1) is 10.5. The van der Waals surface area contributed by atoms with Crippen molar-refractivity contribution in [2.75, 3.05) is 13.3 Å². The molecule has 4 nitrogen and oxygen atoms in total. The number of hydrogen-bond acceptors (Lipinski definition) is 3. The number of carbonyl (C=O) groups excluding carboxylic acids is 1. The molecule has 0 fully saturated rings. The summed E-state index contributed by atoms with van der Waals surface area (Å²) in [4.78, 5) is 29.6. The van der Waals surface area contributed by atoms with Gasteiger partial charge in [-0.15, -0.1) is 11.8 Å². The van der Waals surface area contributed by atoms with Crippen LogP contribution in [-0.4, -0.2) is 29.1 Å². The van der Waals surface area contributed by atoms with E-state index in [4.69, 9.17) is 0 Å². The van der Waals surface area contributed by atoms with Gasteiger partial charge in [0.1, 0.15) is 0 Å². The third-order valence-corrected chi connectivity index (χ3v) is 4.15. The lowest BCUT2D eigenvalue weighted by atomic mass is 10.1. The molecule has 0 saturated heterocycles. The van der Waals surface area contributed by atoms with E-state index in [9.17, 15) is 9.59 Å². The highest BCUT2D eigenvalue weighted by Gasteiger charge is 2.13. The van der Waals surface area contributed by atoms with E-state index in [2.05, 4.69) is 11.1 Å². The number of aromatic amines is 1. The average Bonchev–Trinajstić information content (AvgIpc) is 2.53. The molecule has 2 aromatic rings. The van der Waals surface area contributed by atoms with Crippen LogP contribution in [0.25, 0.3) is 0 Å². The maximum absolute atomic E-state index is 12.5. The molecular formula is C17H20N2O2S. The van der Waals surface area contributed by atoms with Crippen molar-refractivity contribution in [2.45, 2.75) is 24.8 Å². The number of thioether (sulfide) groups is 1. The molecule has 5 heteroatoms. The van der Waals surface area contributed by atoms with Crippen molar-refractivity contribution in [3.8, 4) is 0 Å². The number of aromatic nitrogens is 1. The van der Waals surface area contributed by atoms with Crippen LogP contribution in [0.4, 0.5) is 0 Å². The second kappa shape index (κ2) is 7.31. The van der Waals surface area contributed by atoms with E-state index in [1.165, 1.54) is 11.0 Å². The van der Waals surface area contributed by atoms with Crippen LogP contribution in [0.15, 0.2) is 46.1 Å².